The van der Waals surface area contributed by atoms with Gasteiger partial charge in [0, 0.05) is 24.6 Å². The molecule has 0 saturated heterocycles. The highest BCUT2D eigenvalue weighted by Gasteiger charge is 2.11. The molecule has 1 N–H and O–H groups in total. The van der Waals surface area contributed by atoms with Crippen molar-refractivity contribution in [2.45, 2.75) is 32.9 Å². The summed E-state index contributed by atoms with van der Waals surface area (Å²) in [5, 5.41) is 3.42. The fourth-order valence-corrected chi connectivity index (χ4v) is 2.08. The van der Waals surface area contributed by atoms with Gasteiger partial charge in [0.1, 0.15) is 0 Å². The van der Waals surface area contributed by atoms with Crippen molar-refractivity contribution in [1.29, 1.82) is 0 Å². The molecule has 1 aromatic rings. The number of ether oxygens (including phenoxy) is 1. The van der Waals surface area contributed by atoms with Crippen LogP contribution in [0.5, 0.6) is 0 Å². The van der Waals surface area contributed by atoms with Gasteiger partial charge in [-0.05, 0) is 20.8 Å². The Morgan fingerprint density at radius 2 is 2.29 bits per heavy atom. The van der Waals surface area contributed by atoms with Gasteiger partial charge in [0.05, 0.1) is 17.3 Å². The fourth-order valence-electron chi connectivity index (χ4n) is 1.25. The Hall–Kier alpha value is -0.450. The summed E-state index contributed by atoms with van der Waals surface area (Å²) in [6.45, 7) is 7.13. The van der Waals surface area contributed by atoms with Crippen LogP contribution in [-0.4, -0.2) is 24.7 Å². The van der Waals surface area contributed by atoms with Crippen LogP contribution in [0.4, 0.5) is 0 Å². The first-order valence-electron chi connectivity index (χ1n) is 4.81. The third-order valence-corrected chi connectivity index (χ3v) is 3.40. The Bertz CT molecular complexity index is 275. The van der Waals surface area contributed by atoms with E-state index in [9.17, 15) is 0 Å². The summed E-state index contributed by atoms with van der Waals surface area (Å²) in [5.41, 5.74) is 3.02. The molecule has 0 amide bonds. The summed E-state index contributed by atoms with van der Waals surface area (Å²) in [7, 11) is 1.73. The minimum Gasteiger partial charge on any atom is -0.380 e. The van der Waals surface area contributed by atoms with E-state index in [4.69, 9.17) is 4.74 Å². The summed E-state index contributed by atoms with van der Waals surface area (Å²) < 4.78 is 5.17. The van der Waals surface area contributed by atoms with Crippen LogP contribution in [0.15, 0.2) is 5.51 Å². The first kappa shape index (κ1) is 11.6. The molecule has 0 aliphatic carbocycles. The Balaban J connectivity index is 2.43. The number of nitrogens with zero attached hydrogens (tertiary/aromatic N) is 1. The van der Waals surface area contributed by atoms with Gasteiger partial charge in [-0.3, -0.25) is 0 Å². The van der Waals surface area contributed by atoms with Crippen molar-refractivity contribution in [2.24, 2.45) is 0 Å². The van der Waals surface area contributed by atoms with Crippen LogP contribution in [0, 0.1) is 6.92 Å². The topological polar surface area (TPSA) is 34.1 Å². The quantitative estimate of drug-likeness (QED) is 0.815. The van der Waals surface area contributed by atoms with E-state index in [0.29, 0.717) is 6.04 Å². The van der Waals surface area contributed by atoms with Crippen molar-refractivity contribution in [1.82, 2.24) is 10.3 Å². The third-order valence-electron chi connectivity index (χ3n) is 2.29. The van der Waals surface area contributed by atoms with Crippen LogP contribution >= 0.6 is 11.3 Å². The average molecular weight is 214 g/mol. The van der Waals surface area contributed by atoms with Crippen LogP contribution in [0.25, 0.3) is 0 Å². The third kappa shape index (κ3) is 3.04. The van der Waals surface area contributed by atoms with Crippen LogP contribution in [0.2, 0.25) is 0 Å². The Labute approximate surface area is 89.5 Å². The predicted octanol–water partition coefficient (Wildman–Crippen LogP) is 2.14. The lowest BCUT2D eigenvalue weighted by molar-refractivity contribution is 0.115. The van der Waals surface area contributed by atoms with Gasteiger partial charge in [0.25, 0.3) is 0 Å². The molecule has 0 saturated carbocycles. The van der Waals surface area contributed by atoms with E-state index in [0.717, 1.165) is 12.2 Å². The van der Waals surface area contributed by atoms with E-state index in [1.54, 1.807) is 18.4 Å². The molecule has 4 heteroatoms. The summed E-state index contributed by atoms with van der Waals surface area (Å²) in [5.74, 6) is 0. The SMILES string of the molecule is COC(C)CNC(C)c1scnc1C. The molecule has 0 aromatic carbocycles. The predicted molar refractivity (Wildman–Crippen MR) is 59.7 cm³/mol. The molecule has 0 radical (unpaired) electrons. The average Bonchev–Trinajstić information content (AvgIpc) is 2.60. The minimum atomic E-state index is 0.255. The monoisotopic (exact) mass is 214 g/mol. The first-order valence-corrected chi connectivity index (χ1v) is 5.69. The molecule has 3 nitrogen and oxygen atoms in total. The molecule has 0 fully saturated rings. The van der Waals surface area contributed by atoms with E-state index in [1.165, 1.54) is 4.88 Å². The highest BCUT2D eigenvalue weighted by atomic mass is 32.1. The van der Waals surface area contributed by atoms with Crippen molar-refractivity contribution >= 4 is 11.3 Å². The highest BCUT2D eigenvalue weighted by molar-refractivity contribution is 7.09. The number of aryl methyl sites for hydroxylation is 1. The Kier molecular flexibility index (Phi) is 4.51. The largest absolute Gasteiger partial charge is 0.380 e. The first-order chi connectivity index (χ1) is 6.65. The molecule has 1 rings (SSSR count). The summed E-state index contributed by atoms with van der Waals surface area (Å²) in [6, 6.07) is 0.361. The van der Waals surface area contributed by atoms with Crippen molar-refractivity contribution in [3.05, 3.63) is 16.1 Å². The maximum atomic E-state index is 5.17. The van der Waals surface area contributed by atoms with E-state index < -0.39 is 0 Å². The number of aromatic nitrogens is 1. The van der Waals surface area contributed by atoms with Crippen LogP contribution in [0.3, 0.4) is 0 Å². The van der Waals surface area contributed by atoms with Crippen molar-refractivity contribution in [2.75, 3.05) is 13.7 Å². The molecular formula is C10H18N2OS. The van der Waals surface area contributed by atoms with Crippen molar-refractivity contribution in [3.8, 4) is 0 Å². The molecule has 1 heterocycles. The summed E-state index contributed by atoms with van der Waals surface area (Å²) in [6.07, 6.45) is 0.255. The number of rotatable bonds is 5. The molecule has 14 heavy (non-hydrogen) atoms. The van der Waals surface area contributed by atoms with Gasteiger partial charge < -0.3 is 10.1 Å². The maximum Gasteiger partial charge on any atom is 0.0798 e. The van der Waals surface area contributed by atoms with Crippen LogP contribution in [0.1, 0.15) is 30.5 Å². The summed E-state index contributed by atoms with van der Waals surface area (Å²) >= 11 is 1.70. The minimum absolute atomic E-state index is 0.255. The number of hydrogen-bond acceptors (Lipinski definition) is 4. The second-order valence-corrected chi connectivity index (χ2v) is 4.36. The fraction of sp³-hybridized carbons (Fsp3) is 0.700. The molecule has 0 spiro atoms. The van der Waals surface area contributed by atoms with Crippen molar-refractivity contribution in [3.63, 3.8) is 0 Å². The lowest BCUT2D eigenvalue weighted by atomic mass is 10.2. The van der Waals surface area contributed by atoms with Gasteiger partial charge in [-0.15, -0.1) is 11.3 Å². The van der Waals surface area contributed by atoms with Gasteiger partial charge in [0.2, 0.25) is 0 Å². The van der Waals surface area contributed by atoms with Gasteiger partial charge in [-0.25, -0.2) is 4.98 Å². The second kappa shape index (κ2) is 5.44. The molecule has 1 aromatic heterocycles. The lowest BCUT2D eigenvalue weighted by Crippen LogP contribution is -2.28. The van der Waals surface area contributed by atoms with E-state index in [1.807, 2.05) is 12.4 Å². The van der Waals surface area contributed by atoms with Gasteiger partial charge >= 0.3 is 0 Å². The van der Waals surface area contributed by atoms with E-state index in [2.05, 4.69) is 24.1 Å². The number of methoxy groups -OCH3 is 1. The second-order valence-electron chi connectivity index (χ2n) is 3.48. The Morgan fingerprint density at radius 3 is 2.79 bits per heavy atom. The zero-order valence-corrected chi connectivity index (χ0v) is 10.0. The van der Waals surface area contributed by atoms with Gasteiger partial charge in [0.15, 0.2) is 0 Å². The molecule has 0 bridgehead atoms. The Morgan fingerprint density at radius 1 is 1.57 bits per heavy atom. The zero-order valence-electron chi connectivity index (χ0n) is 9.20. The van der Waals surface area contributed by atoms with Crippen LogP contribution < -0.4 is 5.32 Å². The molecule has 2 unspecified atom stereocenters. The molecule has 0 aliphatic heterocycles. The lowest BCUT2D eigenvalue weighted by Gasteiger charge is -2.16. The standard InChI is InChI=1S/C10H18N2OS/c1-7(13-4)5-11-8(2)10-9(3)12-6-14-10/h6-8,11H,5H2,1-4H3. The van der Waals surface area contributed by atoms with Crippen LogP contribution in [-0.2, 0) is 4.74 Å². The maximum absolute atomic E-state index is 5.17. The molecule has 2 atom stereocenters. The molecule has 0 aliphatic rings. The highest BCUT2D eigenvalue weighted by Crippen LogP contribution is 2.20. The van der Waals surface area contributed by atoms with E-state index >= 15 is 0 Å². The molecule has 80 valence electrons. The van der Waals surface area contributed by atoms with Gasteiger partial charge in [-0.2, -0.15) is 0 Å². The van der Waals surface area contributed by atoms with Gasteiger partial charge in [-0.1, -0.05) is 0 Å². The number of nitrogens with one attached hydrogen (secondary N) is 1. The van der Waals surface area contributed by atoms with Crippen molar-refractivity contribution < 1.29 is 4.74 Å². The summed E-state index contributed by atoms with van der Waals surface area (Å²) in [4.78, 5) is 5.55. The normalized spacial score (nSPS) is 15.4. The number of thiazole rings is 1. The van der Waals surface area contributed by atoms with E-state index in [-0.39, 0.29) is 6.10 Å². The number of hydrogen-bond donors (Lipinski definition) is 1. The molecular weight excluding hydrogens is 196 g/mol. The zero-order chi connectivity index (χ0) is 10.6. The smallest absolute Gasteiger partial charge is 0.0798 e.